The van der Waals surface area contributed by atoms with Gasteiger partial charge in [0.25, 0.3) is 0 Å². The van der Waals surface area contributed by atoms with Crippen molar-refractivity contribution in [3.8, 4) is 11.1 Å². The highest BCUT2D eigenvalue weighted by atomic mass is 32.2. The van der Waals surface area contributed by atoms with Gasteiger partial charge in [0.15, 0.2) is 0 Å². The number of imidazole rings is 1. The first kappa shape index (κ1) is 27.5. The molecule has 0 bridgehead atoms. The molecule has 2 fully saturated rings. The van der Waals surface area contributed by atoms with E-state index in [0.29, 0.717) is 42.2 Å². The molecule has 6 rings (SSSR count). The average Bonchev–Trinajstić information content (AvgIpc) is 3.68. The van der Waals surface area contributed by atoms with Gasteiger partial charge in [-0.2, -0.15) is 13.2 Å². The van der Waals surface area contributed by atoms with E-state index in [1.807, 2.05) is 36.6 Å². The molecule has 2 saturated heterocycles. The number of benzene rings is 2. The summed E-state index contributed by atoms with van der Waals surface area (Å²) in [5.41, 5.74) is 3.44. The van der Waals surface area contributed by atoms with Gasteiger partial charge >= 0.3 is 6.18 Å². The molecule has 4 aromatic rings. The molecule has 2 aromatic heterocycles. The maximum Gasteiger partial charge on any atom is 0.416 e. The Balaban J connectivity index is 1.48. The van der Waals surface area contributed by atoms with Gasteiger partial charge in [-0.25, -0.2) is 17.7 Å². The molecule has 0 N–H and O–H groups in total. The summed E-state index contributed by atoms with van der Waals surface area (Å²) in [5, 5.41) is 4.05. The lowest BCUT2D eigenvalue weighted by molar-refractivity contribution is -0.137. The fourth-order valence-electron chi connectivity index (χ4n) is 6.07. The van der Waals surface area contributed by atoms with Gasteiger partial charge in [-0.3, -0.25) is 4.79 Å². The number of hydrogen-bond donors (Lipinski definition) is 0. The molecule has 2 atom stereocenters. The smallest absolute Gasteiger partial charge is 0.361 e. The quantitative estimate of drug-likeness (QED) is 0.310. The normalized spacial score (nSPS) is 20.5. The molecular weight excluding hydrogens is 559 g/mol. The Morgan fingerprint density at radius 2 is 1.78 bits per heavy atom. The van der Waals surface area contributed by atoms with Crippen molar-refractivity contribution < 1.29 is 30.9 Å². The molecule has 1 amide bonds. The number of rotatable bonds is 5. The Hall–Kier alpha value is -3.71. The summed E-state index contributed by atoms with van der Waals surface area (Å²) in [5.74, 6) is 1.02. The minimum atomic E-state index is -4.49. The standard InChI is InChI=1S/C28H28F3N5O4S/c1-16-26(17(2)40-33-16)18-4-9-23-22(14-18)32-27(36(23)21-12-13-34(15-21)41(3,38)39)24-10-11-25(37)35(24)20-7-5-19(6-8-20)28(29,30)31/h4-9,14,21,24H,10-13,15H2,1-3H3/t21-,24+/m1/s1. The van der Waals surface area contributed by atoms with Crippen LogP contribution >= 0.6 is 0 Å². The minimum Gasteiger partial charge on any atom is -0.361 e. The van der Waals surface area contributed by atoms with Crippen LogP contribution in [-0.2, 0) is 21.0 Å². The fourth-order valence-corrected chi connectivity index (χ4v) is 6.95. The summed E-state index contributed by atoms with van der Waals surface area (Å²) >= 11 is 0. The molecule has 0 aliphatic carbocycles. The second-order valence-electron chi connectivity index (χ2n) is 10.7. The van der Waals surface area contributed by atoms with E-state index < -0.39 is 27.8 Å². The van der Waals surface area contributed by atoms with Crippen LogP contribution in [-0.4, -0.2) is 52.7 Å². The molecule has 0 unspecified atom stereocenters. The summed E-state index contributed by atoms with van der Waals surface area (Å²) in [7, 11) is -3.41. The van der Waals surface area contributed by atoms with Gasteiger partial charge < -0.3 is 14.0 Å². The molecular formula is C28H28F3N5O4S. The lowest BCUT2D eigenvalue weighted by Crippen LogP contribution is -2.31. The van der Waals surface area contributed by atoms with Crippen molar-refractivity contribution in [2.24, 2.45) is 0 Å². The summed E-state index contributed by atoms with van der Waals surface area (Å²) in [6, 6.07) is 9.56. The number of alkyl halides is 3. The second-order valence-corrected chi connectivity index (χ2v) is 12.7. The third kappa shape index (κ3) is 4.80. The molecule has 4 heterocycles. The number of hydrogen-bond acceptors (Lipinski definition) is 6. The van der Waals surface area contributed by atoms with Crippen LogP contribution in [0.4, 0.5) is 18.9 Å². The van der Waals surface area contributed by atoms with Gasteiger partial charge in [0.2, 0.25) is 15.9 Å². The van der Waals surface area contributed by atoms with Crippen LogP contribution in [0.15, 0.2) is 47.0 Å². The zero-order valence-corrected chi connectivity index (χ0v) is 23.5. The van der Waals surface area contributed by atoms with Gasteiger partial charge in [0.1, 0.15) is 11.6 Å². The van der Waals surface area contributed by atoms with Gasteiger partial charge in [0, 0.05) is 30.8 Å². The van der Waals surface area contributed by atoms with Crippen molar-refractivity contribution in [3.63, 3.8) is 0 Å². The van der Waals surface area contributed by atoms with Crippen molar-refractivity contribution in [1.82, 2.24) is 19.0 Å². The van der Waals surface area contributed by atoms with E-state index in [9.17, 15) is 26.4 Å². The number of aromatic nitrogens is 3. The highest BCUT2D eigenvalue weighted by Gasteiger charge is 2.40. The topological polar surface area (TPSA) is 102 Å². The predicted octanol–water partition coefficient (Wildman–Crippen LogP) is 5.40. The van der Waals surface area contributed by atoms with Crippen molar-refractivity contribution in [3.05, 3.63) is 65.3 Å². The lowest BCUT2D eigenvalue weighted by atomic mass is 10.0. The maximum atomic E-state index is 13.2. The third-order valence-corrected chi connectivity index (χ3v) is 9.25. The summed E-state index contributed by atoms with van der Waals surface area (Å²) in [6.07, 6.45) is -2.13. The van der Waals surface area contributed by atoms with E-state index in [1.165, 1.54) is 27.6 Å². The molecule has 0 saturated carbocycles. The number of carbonyl (C=O) groups excluding carboxylic acids is 1. The summed E-state index contributed by atoms with van der Waals surface area (Å²) in [6.45, 7) is 4.29. The predicted molar refractivity (Wildman–Crippen MR) is 146 cm³/mol. The Kier molecular flexibility index (Phi) is 6.49. The zero-order chi connectivity index (χ0) is 29.3. The largest absolute Gasteiger partial charge is 0.416 e. The highest BCUT2D eigenvalue weighted by molar-refractivity contribution is 7.88. The Morgan fingerprint density at radius 1 is 1.05 bits per heavy atom. The minimum absolute atomic E-state index is 0.208. The third-order valence-electron chi connectivity index (χ3n) is 7.98. The number of aryl methyl sites for hydroxylation is 2. The molecule has 0 spiro atoms. The van der Waals surface area contributed by atoms with Crippen molar-refractivity contribution in [1.29, 1.82) is 0 Å². The van der Waals surface area contributed by atoms with Crippen LogP contribution in [0.1, 0.15) is 54.2 Å². The van der Waals surface area contributed by atoms with E-state index in [1.54, 1.807) is 0 Å². The van der Waals surface area contributed by atoms with E-state index in [-0.39, 0.29) is 24.9 Å². The average molecular weight is 588 g/mol. The van der Waals surface area contributed by atoms with Gasteiger partial charge in [-0.05, 0) is 68.7 Å². The lowest BCUT2D eigenvalue weighted by Gasteiger charge is -2.27. The monoisotopic (exact) mass is 587 g/mol. The van der Waals surface area contributed by atoms with E-state index in [4.69, 9.17) is 9.51 Å². The van der Waals surface area contributed by atoms with E-state index in [0.717, 1.165) is 34.5 Å². The Morgan fingerprint density at radius 3 is 2.39 bits per heavy atom. The van der Waals surface area contributed by atoms with Gasteiger partial charge in [-0.15, -0.1) is 0 Å². The molecule has 0 radical (unpaired) electrons. The second kappa shape index (κ2) is 9.69. The fraction of sp³-hybridized carbons (Fsp3) is 0.393. The highest BCUT2D eigenvalue weighted by Crippen LogP contribution is 2.42. The first-order valence-corrected chi connectivity index (χ1v) is 15.1. The maximum absolute atomic E-state index is 13.2. The molecule has 2 aromatic carbocycles. The number of anilines is 1. The number of sulfonamides is 1. The number of amides is 1. The summed E-state index contributed by atoms with van der Waals surface area (Å²) < 4.78 is 73.1. The zero-order valence-electron chi connectivity index (χ0n) is 22.6. The van der Waals surface area contributed by atoms with Crippen molar-refractivity contribution >= 4 is 32.7 Å². The number of nitrogens with zero attached hydrogens (tertiary/aromatic N) is 5. The van der Waals surface area contributed by atoms with E-state index in [2.05, 4.69) is 5.16 Å². The van der Waals surface area contributed by atoms with Gasteiger partial charge in [0.05, 0.1) is 40.6 Å². The SMILES string of the molecule is Cc1noc(C)c1-c1ccc2c(c1)nc([C@@H]1CCC(=O)N1c1ccc(C(F)(F)F)cc1)n2[C@@H]1CCN(S(C)(=O)=O)C1. The molecule has 9 nitrogen and oxygen atoms in total. The number of halogens is 3. The van der Waals surface area contributed by atoms with Crippen LogP contribution in [0.5, 0.6) is 0 Å². The Bertz CT molecular complexity index is 1740. The van der Waals surface area contributed by atoms with Crippen LogP contribution in [0, 0.1) is 13.8 Å². The molecule has 41 heavy (non-hydrogen) atoms. The van der Waals surface area contributed by atoms with E-state index >= 15 is 0 Å². The first-order chi connectivity index (χ1) is 19.3. The molecule has 13 heteroatoms. The van der Waals surface area contributed by atoms with Crippen LogP contribution in [0.3, 0.4) is 0 Å². The van der Waals surface area contributed by atoms with Crippen molar-refractivity contribution in [2.45, 2.75) is 51.4 Å². The Labute approximate surface area is 234 Å². The molecule has 2 aliphatic heterocycles. The van der Waals surface area contributed by atoms with Crippen LogP contribution in [0.25, 0.3) is 22.2 Å². The number of carbonyl (C=O) groups is 1. The van der Waals surface area contributed by atoms with Gasteiger partial charge in [-0.1, -0.05) is 11.2 Å². The first-order valence-electron chi connectivity index (χ1n) is 13.2. The van der Waals surface area contributed by atoms with Crippen molar-refractivity contribution in [2.75, 3.05) is 24.2 Å². The number of fused-ring (bicyclic) bond motifs is 1. The van der Waals surface area contributed by atoms with Crippen LogP contribution in [0.2, 0.25) is 0 Å². The van der Waals surface area contributed by atoms with Crippen LogP contribution < -0.4 is 4.90 Å². The summed E-state index contributed by atoms with van der Waals surface area (Å²) in [4.78, 5) is 19.6. The molecule has 216 valence electrons. The molecule has 2 aliphatic rings.